The lowest BCUT2D eigenvalue weighted by atomic mass is 10.1. The number of carbonyl (C=O) groups excluding carboxylic acids is 1. The summed E-state index contributed by atoms with van der Waals surface area (Å²) in [4.78, 5) is 11.8. The lowest BCUT2D eigenvalue weighted by molar-refractivity contribution is -0.673. The van der Waals surface area contributed by atoms with Gasteiger partial charge in [0, 0.05) is 49.5 Å². The Labute approximate surface area is 194 Å². The maximum absolute atomic E-state index is 11.8. The highest BCUT2D eigenvalue weighted by Crippen LogP contribution is 2.36. The summed E-state index contributed by atoms with van der Waals surface area (Å²) >= 11 is 0. The van der Waals surface area contributed by atoms with Gasteiger partial charge in [0.2, 0.25) is 22.9 Å². The van der Waals surface area contributed by atoms with E-state index in [1.807, 2.05) is 24.3 Å². The molecule has 33 heavy (non-hydrogen) atoms. The van der Waals surface area contributed by atoms with Crippen LogP contribution in [0.4, 0.5) is 0 Å². The Kier molecular flexibility index (Phi) is 8.66. The number of ether oxygens (including phenoxy) is 1. The Hall–Kier alpha value is -3.58. The molecule has 7 nitrogen and oxygen atoms in total. The minimum Gasteiger partial charge on any atom is -0.504 e. The first-order valence-corrected chi connectivity index (χ1v) is 11.2. The molecule has 3 aromatic rings. The zero-order valence-electron chi connectivity index (χ0n) is 19.0. The lowest BCUT2D eigenvalue weighted by Crippen LogP contribution is -2.38. The Balaban J connectivity index is 1.76. The average Bonchev–Trinajstić information content (AvgIpc) is 2.83. The Bertz CT molecular complexity index is 1130. The molecule has 1 amide bonds. The predicted molar refractivity (Wildman–Crippen MR) is 130 cm³/mol. The van der Waals surface area contributed by atoms with Crippen LogP contribution in [-0.4, -0.2) is 36.3 Å². The molecule has 0 aliphatic rings. The third kappa shape index (κ3) is 6.46. The normalized spacial score (nSPS) is 11.2. The molecule has 0 fully saturated rings. The van der Waals surface area contributed by atoms with Crippen LogP contribution in [0, 0.1) is 0 Å². The van der Waals surface area contributed by atoms with E-state index in [0.29, 0.717) is 25.1 Å². The maximum Gasteiger partial charge on any atom is 0.220 e. The van der Waals surface area contributed by atoms with Gasteiger partial charge in [-0.3, -0.25) is 4.79 Å². The highest BCUT2D eigenvalue weighted by Gasteiger charge is 2.14. The molecule has 0 unspecified atom stereocenters. The van der Waals surface area contributed by atoms with Gasteiger partial charge in [-0.05, 0) is 48.7 Å². The number of rotatable bonds is 11. The van der Waals surface area contributed by atoms with Crippen LogP contribution >= 0.6 is 0 Å². The van der Waals surface area contributed by atoms with Gasteiger partial charge < -0.3 is 26.0 Å². The first-order chi connectivity index (χ1) is 16.0. The van der Waals surface area contributed by atoms with Gasteiger partial charge in [0.25, 0.3) is 0 Å². The van der Waals surface area contributed by atoms with E-state index in [-0.39, 0.29) is 23.2 Å². The Morgan fingerprint density at radius 3 is 2.70 bits per heavy atom. The van der Waals surface area contributed by atoms with Gasteiger partial charge in [0.05, 0.1) is 7.11 Å². The molecule has 7 heteroatoms. The number of nitrogens with two attached hydrogens (primary N) is 1. The number of unbranched alkanes of at least 4 members (excludes halogenated alkanes) is 2. The summed E-state index contributed by atoms with van der Waals surface area (Å²) in [7, 11) is 1.45. The highest BCUT2D eigenvalue weighted by molar-refractivity contribution is 5.78. The van der Waals surface area contributed by atoms with Crippen molar-refractivity contribution in [3.05, 3.63) is 59.8 Å². The van der Waals surface area contributed by atoms with Crippen LogP contribution < -0.4 is 20.4 Å². The summed E-state index contributed by atoms with van der Waals surface area (Å²) in [5.74, 6) is -0.228. The topological polar surface area (TPSA) is 109 Å². The number of phenolic OH excluding ortho intramolecular Hbond substituents is 2. The fourth-order valence-electron chi connectivity index (χ4n) is 3.75. The third-order valence-corrected chi connectivity index (χ3v) is 5.47. The van der Waals surface area contributed by atoms with Crippen LogP contribution in [0.1, 0.15) is 36.9 Å². The number of nitrogens with one attached hydrogen (secondary N) is 1. The monoisotopic (exact) mass is 450 g/mol. The molecule has 2 aromatic carbocycles. The summed E-state index contributed by atoms with van der Waals surface area (Å²) in [5.41, 5.74) is 8.27. The van der Waals surface area contributed by atoms with Crippen LogP contribution in [0.5, 0.6) is 17.2 Å². The number of nitrogens with zero attached hydrogens (tertiary/aromatic N) is 1. The average molecular weight is 451 g/mol. The SMILES string of the molecule is COc1cc(/C=C/c2ccc3ccccc3[n+]2CCCCCC(=O)NCCN)cc(O)c1O. The number of phenols is 2. The van der Waals surface area contributed by atoms with Gasteiger partial charge in [0.15, 0.2) is 11.5 Å². The summed E-state index contributed by atoms with van der Waals surface area (Å²) in [6.07, 6.45) is 7.09. The minimum atomic E-state index is -0.271. The van der Waals surface area contributed by atoms with Gasteiger partial charge in [-0.25, -0.2) is 0 Å². The lowest BCUT2D eigenvalue weighted by Gasteiger charge is -2.07. The van der Waals surface area contributed by atoms with Crippen LogP contribution in [0.3, 0.4) is 0 Å². The van der Waals surface area contributed by atoms with Crippen LogP contribution in [-0.2, 0) is 11.3 Å². The molecule has 3 rings (SSSR count). The van der Waals surface area contributed by atoms with Crippen molar-refractivity contribution in [3.63, 3.8) is 0 Å². The molecule has 1 heterocycles. The number of aromatic nitrogens is 1. The van der Waals surface area contributed by atoms with Crippen molar-refractivity contribution in [1.29, 1.82) is 0 Å². The van der Waals surface area contributed by atoms with E-state index in [0.717, 1.165) is 42.4 Å². The number of aromatic hydroxyl groups is 2. The summed E-state index contributed by atoms with van der Waals surface area (Å²) < 4.78 is 7.39. The zero-order chi connectivity index (χ0) is 23.6. The zero-order valence-corrected chi connectivity index (χ0v) is 19.0. The molecular weight excluding hydrogens is 418 g/mol. The maximum atomic E-state index is 11.8. The van der Waals surface area contributed by atoms with Crippen LogP contribution in [0.2, 0.25) is 0 Å². The molecule has 0 spiro atoms. The fourth-order valence-corrected chi connectivity index (χ4v) is 3.75. The fraction of sp³-hybridized carbons (Fsp3) is 0.308. The number of hydrogen-bond donors (Lipinski definition) is 4. The molecule has 174 valence electrons. The third-order valence-electron chi connectivity index (χ3n) is 5.47. The van der Waals surface area contributed by atoms with E-state index in [1.54, 1.807) is 6.07 Å². The van der Waals surface area contributed by atoms with E-state index in [4.69, 9.17) is 10.5 Å². The molecule has 0 saturated carbocycles. The standard InChI is InChI=1S/C26H31N3O4/c1-33-24-18-19(17-23(30)26(24)32)10-12-21-13-11-20-7-4-5-8-22(20)29(21)16-6-2-3-9-25(31)28-15-14-27/h4-5,7-8,10-13,17-18H,2-3,6,9,14-16,27H2,1H3,(H2,28,30,31)/p+1. The largest absolute Gasteiger partial charge is 0.504 e. The molecule has 0 bridgehead atoms. The van der Waals surface area contributed by atoms with E-state index < -0.39 is 0 Å². The van der Waals surface area contributed by atoms with Crippen molar-refractivity contribution in [3.8, 4) is 17.2 Å². The number of aryl methyl sites for hydroxylation is 1. The smallest absolute Gasteiger partial charge is 0.220 e. The molecule has 5 N–H and O–H groups in total. The van der Waals surface area contributed by atoms with E-state index in [9.17, 15) is 15.0 Å². The molecule has 0 aliphatic carbocycles. The number of benzene rings is 2. The highest BCUT2D eigenvalue weighted by atomic mass is 16.5. The van der Waals surface area contributed by atoms with Gasteiger partial charge >= 0.3 is 0 Å². The van der Waals surface area contributed by atoms with E-state index >= 15 is 0 Å². The van der Waals surface area contributed by atoms with E-state index in [1.165, 1.54) is 13.2 Å². The van der Waals surface area contributed by atoms with Crippen molar-refractivity contribution >= 4 is 29.0 Å². The van der Waals surface area contributed by atoms with Crippen molar-refractivity contribution in [2.75, 3.05) is 20.2 Å². The molecular formula is C26H32N3O4+. The quantitative estimate of drug-likeness (QED) is 0.204. The van der Waals surface area contributed by atoms with Crippen molar-refractivity contribution in [1.82, 2.24) is 5.32 Å². The predicted octanol–water partition coefficient (Wildman–Crippen LogP) is 3.35. The first kappa shape index (κ1) is 24.1. The molecule has 0 atom stereocenters. The number of carbonyl (C=O) groups is 1. The van der Waals surface area contributed by atoms with Crippen LogP contribution in [0.25, 0.3) is 23.1 Å². The summed E-state index contributed by atoms with van der Waals surface area (Å²) in [5, 5.41) is 23.8. The summed E-state index contributed by atoms with van der Waals surface area (Å²) in [6.45, 7) is 1.79. The number of hydrogen-bond acceptors (Lipinski definition) is 5. The second-order valence-corrected chi connectivity index (χ2v) is 7.84. The second kappa shape index (κ2) is 11.9. The first-order valence-electron chi connectivity index (χ1n) is 11.2. The number of pyridine rings is 1. The van der Waals surface area contributed by atoms with Gasteiger partial charge in [-0.1, -0.05) is 12.1 Å². The van der Waals surface area contributed by atoms with Crippen LogP contribution in [0.15, 0.2) is 48.5 Å². The number of para-hydroxylation sites is 1. The molecule has 0 saturated heterocycles. The van der Waals surface area contributed by atoms with Crippen molar-refractivity contribution < 1.29 is 24.3 Å². The van der Waals surface area contributed by atoms with Gasteiger partial charge in [-0.15, -0.1) is 0 Å². The molecule has 1 aromatic heterocycles. The van der Waals surface area contributed by atoms with E-state index in [2.05, 4.69) is 34.1 Å². The minimum absolute atomic E-state index is 0.0504. The molecule has 0 radical (unpaired) electrons. The number of fused-ring (bicyclic) bond motifs is 1. The molecule has 0 aliphatic heterocycles. The van der Waals surface area contributed by atoms with Crippen molar-refractivity contribution in [2.24, 2.45) is 5.73 Å². The number of methoxy groups -OCH3 is 1. The Morgan fingerprint density at radius 2 is 1.91 bits per heavy atom. The number of amides is 1. The second-order valence-electron chi connectivity index (χ2n) is 7.84. The summed E-state index contributed by atoms with van der Waals surface area (Å²) in [6, 6.07) is 15.6. The van der Waals surface area contributed by atoms with Gasteiger partial charge in [-0.2, -0.15) is 4.57 Å². The van der Waals surface area contributed by atoms with Crippen molar-refractivity contribution in [2.45, 2.75) is 32.2 Å². The van der Waals surface area contributed by atoms with Gasteiger partial charge in [0.1, 0.15) is 6.54 Å². The Morgan fingerprint density at radius 1 is 1.09 bits per heavy atom.